The molecule has 2 amide bonds. The first-order valence-corrected chi connectivity index (χ1v) is 7.10. The van der Waals surface area contributed by atoms with Gasteiger partial charge in [-0.25, -0.2) is 9.78 Å². The largest absolute Gasteiger partial charge is 0.337 e. The van der Waals surface area contributed by atoms with Crippen LogP contribution in [0.15, 0.2) is 40.3 Å². The Kier molecular flexibility index (Phi) is 4.72. The Morgan fingerprint density at radius 1 is 1.33 bits per heavy atom. The number of benzene rings is 1. The van der Waals surface area contributed by atoms with Crippen molar-refractivity contribution in [1.29, 1.82) is 0 Å². The molecule has 0 saturated carbocycles. The van der Waals surface area contributed by atoms with E-state index in [0.717, 1.165) is 10.9 Å². The molecule has 94 valence electrons. The minimum absolute atomic E-state index is 0.220. The first kappa shape index (κ1) is 13.0. The Bertz CT molecular complexity index is 499. The van der Waals surface area contributed by atoms with E-state index in [0.29, 0.717) is 11.7 Å². The normalized spacial score (nSPS) is 10.1. The van der Waals surface area contributed by atoms with Gasteiger partial charge in [0.25, 0.3) is 0 Å². The number of rotatable bonds is 4. The molecule has 2 N–H and O–H groups in total. The topological polar surface area (TPSA) is 54.0 Å². The maximum Gasteiger partial charge on any atom is 0.321 e. The number of halogens is 1. The smallest absolute Gasteiger partial charge is 0.321 e. The van der Waals surface area contributed by atoms with Crippen molar-refractivity contribution in [2.75, 3.05) is 11.9 Å². The molecular formula is C12H12BrN3OS. The van der Waals surface area contributed by atoms with Gasteiger partial charge in [0, 0.05) is 22.6 Å². The zero-order chi connectivity index (χ0) is 12.8. The highest BCUT2D eigenvalue weighted by atomic mass is 79.9. The van der Waals surface area contributed by atoms with Gasteiger partial charge in [-0.1, -0.05) is 28.1 Å². The van der Waals surface area contributed by atoms with Crippen LogP contribution in [-0.2, 0) is 6.42 Å². The number of anilines is 1. The van der Waals surface area contributed by atoms with Crippen LogP contribution in [0.5, 0.6) is 0 Å². The van der Waals surface area contributed by atoms with Crippen LogP contribution in [0.25, 0.3) is 0 Å². The molecule has 0 atom stereocenters. The first-order chi connectivity index (χ1) is 8.74. The number of nitrogens with zero attached hydrogens (tertiary/aromatic N) is 1. The lowest BCUT2D eigenvalue weighted by Crippen LogP contribution is -2.30. The van der Waals surface area contributed by atoms with Gasteiger partial charge in [0.05, 0.1) is 0 Å². The maximum absolute atomic E-state index is 11.5. The van der Waals surface area contributed by atoms with E-state index in [1.165, 1.54) is 16.9 Å². The molecule has 4 nitrogen and oxygen atoms in total. The van der Waals surface area contributed by atoms with Crippen LogP contribution in [-0.4, -0.2) is 17.6 Å². The van der Waals surface area contributed by atoms with Gasteiger partial charge in [0.1, 0.15) is 0 Å². The van der Waals surface area contributed by atoms with Gasteiger partial charge in [0.15, 0.2) is 5.13 Å². The highest BCUT2D eigenvalue weighted by molar-refractivity contribution is 9.10. The number of carbonyl (C=O) groups is 1. The Hall–Kier alpha value is -1.40. The maximum atomic E-state index is 11.5. The summed E-state index contributed by atoms with van der Waals surface area (Å²) in [4.78, 5) is 15.5. The molecule has 0 saturated heterocycles. The molecule has 2 aromatic rings. The van der Waals surface area contributed by atoms with Crippen molar-refractivity contribution in [3.05, 3.63) is 45.9 Å². The minimum Gasteiger partial charge on any atom is -0.337 e. The van der Waals surface area contributed by atoms with Crippen LogP contribution in [0.2, 0.25) is 0 Å². The molecule has 2 rings (SSSR count). The SMILES string of the molecule is O=C(NCCc1ccc(Br)cc1)Nc1nccs1. The summed E-state index contributed by atoms with van der Waals surface area (Å²) in [5.74, 6) is 0. The molecule has 1 aromatic carbocycles. The van der Waals surface area contributed by atoms with E-state index in [2.05, 4.69) is 31.5 Å². The van der Waals surface area contributed by atoms with Crippen LogP contribution in [0.1, 0.15) is 5.56 Å². The summed E-state index contributed by atoms with van der Waals surface area (Å²) in [6.07, 6.45) is 2.46. The summed E-state index contributed by atoms with van der Waals surface area (Å²) in [7, 11) is 0. The van der Waals surface area contributed by atoms with E-state index >= 15 is 0 Å². The number of hydrogen-bond acceptors (Lipinski definition) is 3. The van der Waals surface area contributed by atoms with Crippen molar-refractivity contribution in [3.8, 4) is 0 Å². The zero-order valence-electron chi connectivity index (χ0n) is 9.52. The quantitative estimate of drug-likeness (QED) is 0.906. The summed E-state index contributed by atoms with van der Waals surface area (Å²) in [5.41, 5.74) is 1.19. The average Bonchev–Trinajstić information content (AvgIpc) is 2.84. The summed E-state index contributed by atoms with van der Waals surface area (Å²) in [5, 5.41) is 7.88. The van der Waals surface area contributed by atoms with Crippen LogP contribution in [0.4, 0.5) is 9.93 Å². The summed E-state index contributed by atoms with van der Waals surface area (Å²) in [6, 6.07) is 7.83. The predicted molar refractivity (Wildman–Crippen MR) is 77.0 cm³/mol. The summed E-state index contributed by atoms with van der Waals surface area (Å²) >= 11 is 4.78. The van der Waals surface area contributed by atoms with Crippen molar-refractivity contribution in [1.82, 2.24) is 10.3 Å². The molecule has 0 aliphatic heterocycles. The first-order valence-electron chi connectivity index (χ1n) is 5.43. The van der Waals surface area contributed by atoms with Gasteiger partial charge in [0.2, 0.25) is 0 Å². The van der Waals surface area contributed by atoms with Gasteiger partial charge in [-0.15, -0.1) is 11.3 Å². The van der Waals surface area contributed by atoms with Gasteiger partial charge < -0.3 is 5.32 Å². The number of thiazole rings is 1. The van der Waals surface area contributed by atoms with Crippen molar-refractivity contribution >= 4 is 38.4 Å². The Morgan fingerprint density at radius 3 is 2.78 bits per heavy atom. The molecule has 0 aliphatic carbocycles. The third kappa shape index (κ3) is 4.12. The molecule has 0 aliphatic rings. The van der Waals surface area contributed by atoms with E-state index in [1.54, 1.807) is 6.20 Å². The van der Waals surface area contributed by atoms with Crippen LogP contribution >= 0.6 is 27.3 Å². The zero-order valence-corrected chi connectivity index (χ0v) is 11.9. The highest BCUT2D eigenvalue weighted by Crippen LogP contribution is 2.11. The van der Waals surface area contributed by atoms with Crippen molar-refractivity contribution in [3.63, 3.8) is 0 Å². The van der Waals surface area contributed by atoms with E-state index < -0.39 is 0 Å². The lowest BCUT2D eigenvalue weighted by Gasteiger charge is -2.05. The third-order valence-electron chi connectivity index (χ3n) is 2.27. The van der Waals surface area contributed by atoms with Gasteiger partial charge in [-0.05, 0) is 24.1 Å². The van der Waals surface area contributed by atoms with E-state index in [-0.39, 0.29) is 6.03 Å². The van der Waals surface area contributed by atoms with Crippen molar-refractivity contribution in [2.45, 2.75) is 6.42 Å². The number of nitrogens with one attached hydrogen (secondary N) is 2. The second kappa shape index (κ2) is 6.51. The van der Waals surface area contributed by atoms with Gasteiger partial charge >= 0.3 is 6.03 Å². The van der Waals surface area contributed by atoms with E-state index in [1.807, 2.05) is 29.6 Å². The average molecular weight is 326 g/mol. The molecule has 0 spiro atoms. The molecule has 1 heterocycles. The lowest BCUT2D eigenvalue weighted by molar-refractivity contribution is 0.252. The Balaban J connectivity index is 1.72. The van der Waals surface area contributed by atoms with Crippen molar-refractivity contribution in [2.24, 2.45) is 0 Å². The number of urea groups is 1. The number of amides is 2. The minimum atomic E-state index is -0.220. The van der Waals surface area contributed by atoms with Crippen LogP contribution < -0.4 is 10.6 Å². The highest BCUT2D eigenvalue weighted by Gasteiger charge is 2.02. The molecular weight excluding hydrogens is 314 g/mol. The molecule has 0 bridgehead atoms. The fourth-order valence-electron chi connectivity index (χ4n) is 1.40. The second-order valence-electron chi connectivity index (χ2n) is 3.59. The van der Waals surface area contributed by atoms with Crippen LogP contribution in [0, 0.1) is 0 Å². The van der Waals surface area contributed by atoms with E-state index in [4.69, 9.17) is 0 Å². The standard InChI is InChI=1S/C12H12BrN3OS/c13-10-3-1-9(2-4-10)5-6-14-11(17)16-12-15-7-8-18-12/h1-4,7-8H,5-6H2,(H2,14,15,16,17). The lowest BCUT2D eigenvalue weighted by atomic mass is 10.1. The van der Waals surface area contributed by atoms with Gasteiger partial charge in [-0.3, -0.25) is 5.32 Å². The second-order valence-corrected chi connectivity index (χ2v) is 5.40. The Morgan fingerprint density at radius 2 is 2.11 bits per heavy atom. The molecule has 6 heteroatoms. The molecule has 18 heavy (non-hydrogen) atoms. The molecule has 0 fully saturated rings. The molecule has 0 radical (unpaired) electrons. The van der Waals surface area contributed by atoms with Crippen LogP contribution in [0.3, 0.4) is 0 Å². The summed E-state index contributed by atoms with van der Waals surface area (Å²) < 4.78 is 1.06. The predicted octanol–water partition coefficient (Wildman–Crippen LogP) is 3.27. The number of carbonyl (C=O) groups excluding carboxylic acids is 1. The van der Waals surface area contributed by atoms with Crippen molar-refractivity contribution < 1.29 is 4.79 Å². The fourth-order valence-corrected chi connectivity index (χ4v) is 2.19. The monoisotopic (exact) mass is 325 g/mol. The summed E-state index contributed by atoms with van der Waals surface area (Å²) in [6.45, 7) is 0.596. The number of aromatic nitrogens is 1. The molecule has 0 unspecified atom stereocenters. The number of hydrogen-bond donors (Lipinski definition) is 2. The Labute approximate surface area is 118 Å². The van der Waals surface area contributed by atoms with Gasteiger partial charge in [-0.2, -0.15) is 0 Å². The third-order valence-corrected chi connectivity index (χ3v) is 3.48. The fraction of sp³-hybridized carbons (Fsp3) is 0.167. The molecule has 1 aromatic heterocycles. The van der Waals surface area contributed by atoms with E-state index in [9.17, 15) is 4.79 Å².